The number of ether oxygens (including phenoxy) is 2. The number of rotatable bonds is 6. The molecule has 0 aromatic heterocycles. The van der Waals surface area contributed by atoms with Gasteiger partial charge in [-0.3, -0.25) is 0 Å². The van der Waals surface area contributed by atoms with Crippen molar-refractivity contribution in [3.05, 3.63) is 63.6 Å². The van der Waals surface area contributed by atoms with Gasteiger partial charge in [0.15, 0.2) is 5.60 Å². The van der Waals surface area contributed by atoms with E-state index in [-0.39, 0.29) is 6.10 Å². The Morgan fingerprint density at radius 2 is 1.48 bits per heavy atom. The lowest BCUT2D eigenvalue weighted by atomic mass is 10.0. The Morgan fingerprint density at radius 3 is 1.97 bits per heavy atom. The molecular weight excluding hydrogens is 447 g/mol. The third kappa shape index (κ3) is 7.02. The van der Waals surface area contributed by atoms with Gasteiger partial charge >= 0.3 is 5.97 Å². The molecule has 2 aromatic rings. The molecule has 0 heterocycles. The molecule has 0 aliphatic carbocycles. The average molecular weight is 476 g/mol. The zero-order valence-corrected chi connectivity index (χ0v) is 20.8. The summed E-state index contributed by atoms with van der Waals surface area (Å²) in [4.78, 5) is 12.2. The lowest BCUT2D eigenvalue weighted by Crippen LogP contribution is -2.41. The highest BCUT2D eigenvalue weighted by atomic mass is 35.5. The zero-order valence-electron chi connectivity index (χ0n) is 17.5. The van der Waals surface area contributed by atoms with E-state index in [0.717, 1.165) is 11.1 Å². The van der Waals surface area contributed by atoms with Crippen LogP contribution in [-0.2, 0) is 13.6 Å². The van der Waals surface area contributed by atoms with Crippen molar-refractivity contribution in [3.63, 3.8) is 0 Å². The molecule has 0 fully saturated rings. The first-order chi connectivity index (χ1) is 13.4. The topological polar surface area (TPSA) is 35.5 Å². The third-order valence-electron chi connectivity index (χ3n) is 3.78. The number of benzene rings is 2. The van der Waals surface area contributed by atoms with E-state index < -0.39 is 15.6 Å². The summed E-state index contributed by atoms with van der Waals surface area (Å²) in [7, 11) is 0. The van der Waals surface area contributed by atoms with Crippen LogP contribution in [0.1, 0.15) is 52.7 Å². The van der Waals surface area contributed by atoms with E-state index in [1.807, 2.05) is 26.0 Å². The second-order valence-corrected chi connectivity index (χ2v) is 9.43. The molecule has 2 aromatic carbocycles. The number of hydrogen-bond acceptors (Lipinski definition) is 5. The molecule has 160 valence electrons. The molecule has 0 amide bonds. The van der Waals surface area contributed by atoms with Gasteiger partial charge in [0.25, 0.3) is 0 Å². The van der Waals surface area contributed by atoms with Crippen LogP contribution in [0.25, 0.3) is 0 Å². The SMILES string of the molecule is CC.CC(C)OC(=O)C(C)(C)Oc1ccc(C(S)(S)c2ccc(Cl)cc2)cc1Cl. The number of thiol groups is 2. The Balaban J connectivity index is 0.00000204. The largest absolute Gasteiger partial charge is 0.475 e. The molecular formula is C22H28Cl2O3S2. The number of carbonyl (C=O) groups excluding carboxylic acids is 1. The maximum atomic E-state index is 12.2. The highest BCUT2D eigenvalue weighted by Crippen LogP contribution is 2.43. The Kier molecular flexibility index (Phi) is 9.74. The minimum absolute atomic E-state index is 0.230. The number of esters is 1. The zero-order chi connectivity index (χ0) is 22.4. The Bertz CT molecular complexity index is 819. The second-order valence-electron chi connectivity index (χ2n) is 6.89. The van der Waals surface area contributed by atoms with E-state index in [0.29, 0.717) is 15.8 Å². The fourth-order valence-electron chi connectivity index (χ4n) is 2.32. The van der Waals surface area contributed by atoms with Crippen molar-refractivity contribution in [2.24, 2.45) is 0 Å². The van der Waals surface area contributed by atoms with Gasteiger partial charge in [-0.2, -0.15) is 25.3 Å². The minimum atomic E-state index is -1.18. The maximum Gasteiger partial charge on any atom is 0.350 e. The summed E-state index contributed by atoms with van der Waals surface area (Å²) in [5, 5.41) is 0.980. The fraction of sp³-hybridized carbons (Fsp3) is 0.409. The van der Waals surface area contributed by atoms with Gasteiger partial charge in [0, 0.05) is 5.02 Å². The minimum Gasteiger partial charge on any atom is -0.475 e. The lowest BCUT2D eigenvalue weighted by molar-refractivity contribution is -0.163. The summed E-state index contributed by atoms with van der Waals surface area (Å²) in [5.41, 5.74) is 0.436. The molecule has 0 atom stereocenters. The first-order valence-corrected chi connectivity index (χ1v) is 11.0. The number of hydrogen-bond donors (Lipinski definition) is 2. The van der Waals surface area contributed by atoms with Crippen molar-refractivity contribution in [2.75, 3.05) is 0 Å². The monoisotopic (exact) mass is 474 g/mol. The second kappa shape index (κ2) is 10.9. The molecule has 0 radical (unpaired) electrons. The normalized spacial score (nSPS) is 11.6. The standard InChI is InChI=1S/C20H22Cl2O3S2.C2H6/c1-12(2)24-18(23)19(3,4)25-17-10-7-14(11-16(17)22)20(26,27)13-5-8-15(21)9-6-13;1-2/h5-12,26-27H,1-4H3;1-2H3. The molecule has 3 nitrogen and oxygen atoms in total. The van der Waals surface area contributed by atoms with Gasteiger partial charge in [-0.15, -0.1) is 0 Å². The molecule has 2 rings (SSSR count). The van der Waals surface area contributed by atoms with Gasteiger partial charge < -0.3 is 9.47 Å². The smallest absolute Gasteiger partial charge is 0.350 e. The van der Waals surface area contributed by atoms with E-state index in [4.69, 9.17) is 32.7 Å². The van der Waals surface area contributed by atoms with E-state index in [1.165, 1.54) is 0 Å². The van der Waals surface area contributed by atoms with Crippen molar-refractivity contribution in [3.8, 4) is 5.75 Å². The van der Waals surface area contributed by atoms with Crippen molar-refractivity contribution in [1.82, 2.24) is 0 Å². The first kappa shape index (κ1) is 26.0. The van der Waals surface area contributed by atoms with Crippen LogP contribution >= 0.6 is 48.5 Å². The van der Waals surface area contributed by atoms with E-state index in [9.17, 15) is 4.79 Å². The van der Waals surface area contributed by atoms with Crippen LogP contribution in [0.4, 0.5) is 0 Å². The number of carbonyl (C=O) groups is 1. The number of halogens is 2. The summed E-state index contributed by atoms with van der Waals surface area (Å²) < 4.78 is 10.2. The summed E-state index contributed by atoms with van der Waals surface area (Å²) in [6.07, 6.45) is -0.230. The van der Waals surface area contributed by atoms with E-state index in [1.54, 1.807) is 58.0 Å². The summed E-state index contributed by atoms with van der Waals surface area (Å²) in [6.45, 7) is 10.8. The Morgan fingerprint density at radius 1 is 0.966 bits per heavy atom. The van der Waals surface area contributed by atoms with Gasteiger partial charge in [-0.1, -0.05) is 55.2 Å². The highest BCUT2D eigenvalue weighted by Gasteiger charge is 2.34. The maximum absolute atomic E-state index is 12.2. The molecule has 0 saturated carbocycles. The van der Waals surface area contributed by atoms with Crippen LogP contribution in [0.15, 0.2) is 42.5 Å². The van der Waals surface area contributed by atoms with Gasteiger partial charge in [0.2, 0.25) is 0 Å². The van der Waals surface area contributed by atoms with Gasteiger partial charge in [0.1, 0.15) is 9.83 Å². The fourth-order valence-corrected chi connectivity index (χ4v) is 3.24. The molecule has 0 aliphatic rings. The van der Waals surface area contributed by atoms with Crippen LogP contribution in [0.2, 0.25) is 10.0 Å². The highest BCUT2D eigenvalue weighted by molar-refractivity contribution is 8.00. The van der Waals surface area contributed by atoms with Crippen LogP contribution in [-0.4, -0.2) is 17.7 Å². The van der Waals surface area contributed by atoms with E-state index >= 15 is 0 Å². The summed E-state index contributed by atoms with van der Waals surface area (Å²) >= 11 is 21.7. The van der Waals surface area contributed by atoms with Crippen LogP contribution in [0.5, 0.6) is 5.75 Å². The van der Waals surface area contributed by atoms with Crippen LogP contribution in [0.3, 0.4) is 0 Å². The summed E-state index contributed by atoms with van der Waals surface area (Å²) in [5.74, 6) is -0.0868. The Hall–Kier alpha value is -1.01. The Labute approximate surface area is 194 Å². The molecule has 29 heavy (non-hydrogen) atoms. The predicted molar refractivity (Wildman–Crippen MR) is 129 cm³/mol. The molecule has 0 saturated heterocycles. The quantitative estimate of drug-likeness (QED) is 0.264. The van der Waals surface area contributed by atoms with Crippen molar-refractivity contribution < 1.29 is 14.3 Å². The van der Waals surface area contributed by atoms with Crippen molar-refractivity contribution in [2.45, 2.75) is 57.3 Å². The first-order valence-electron chi connectivity index (χ1n) is 9.34. The molecule has 0 unspecified atom stereocenters. The van der Waals surface area contributed by atoms with Gasteiger partial charge in [-0.05, 0) is 63.1 Å². The van der Waals surface area contributed by atoms with Gasteiger partial charge in [0.05, 0.1) is 11.1 Å². The van der Waals surface area contributed by atoms with Crippen LogP contribution in [0, 0.1) is 0 Å². The van der Waals surface area contributed by atoms with Crippen LogP contribution < -0.4 is 4.74 Å². The molecule has 0 spiro atoms. The lowest BCUT2D eigenvalue weighted by Gasteiger charge is -2.27. The molecule has 0 aliphatic heterocycles. The molecule has 0 bridgehead atoms. The van der Waals surface area contributed by atoms with Crippen molar-refractivity contribution in [1.29, 1.82) is 0 Å². The third-order valence-corrected chi connectivity index (χ3v) is 5.36. The van der Waals surface area contributed by atoms with E-state index in [2.05, 4.69) is 25.3 Å². The average Bonchev–Trinajstić information content (AvgIpc) is 2.64. The van der Waals surface area contributed by atoms with Gasteiger partial charge in [-0.25, -0.2) is 4.79 Å². The van der Waals surface area contributed by atoms with Crippen molar-refractivity contribution >= 4 is 54.4 Å². The molecule has 0 N–H and O–H groups in total. The molecule has 7 heteroatoms. The predicted octanol–water partition coefficient (Wildman–Crippen LogP) is 7.19. The summed E-state index contributed by atoms with van der Waals surface area (Å²) in [6, 6.07) is 12.5.